The van der Waals surface area contributed by atoms with Crippen molar-refractivity contribution in [2.75, 3.05) is 31.1 Å². The summed E-state index contributed by atoms with van der Waals surface area (Å²) in [4.78, 5) is 13.4. The molecular weight excluding hydrogens is 280 g/mol. The predicted octanol–water partition coefficient (Wildman–Crippen LogP) is 0.126. The maximum atomic E-state index is 11.8. The number of benzene rings is 1. The van der Waals surface area contributed by atoms with Crippen LogP contribution in [0.15, 0.2) is 29.2 Å². The highest BCUT2D eigenvalue weighted by Crippen LogP contribution is 2.20. The first-order valence-corrected chi connectivity index (χ1v) is 7.98. The highest BCUT2D eigenvalue weighted by Gasteiger charge is 2.18. The lowest BCUT2D eigenvalue weighted by Gasteiger charge is -2.28. The van der Waals surface area contributed by atoms with Crippen molar-refractivity contribution in [3.63, 3.8) is 0 Å². The number of carbonyl (C=O) groups excluding carboxylic acids is 1. The van der Waals surface area contributed by atoms with Crippen LogP contribution in [0.4, 0.5) is 5.69 Å². The second-order valence-electron chi connectivity index (χ2n) is 4.64. The van der Waals surface area contributed by atoms with Crippen molar-refractivity contribution in [3.05, 3.63) is 24.3 Å². The van der Waals surface area contributed by atoms with Crippen molar-refractivity contribution in [3.8, 4) is 0 Å². The van der Waals surface area contributed by atoms with Crippen LogP contribution < -0.4 is 9.62 Å². The summed E-state index contributed by atoms with van der Waals surface area (Å²) < 4.78 is 26.0. The molecule has 0 atom stereocenters. The van der Waals surface area contributed by atoms with Crippen molar-refractivity contribution in [2.24, 2.45) is 0 Å². The molecule has 0 saturated carbocycles. The van der Waals surface area contributed by atoms with Crippen LogP contribution in [0.3, 0.4) is 0 Å². The van der Waals surface area contributed by atoms with Gasteiger partial charge in [-0.15, -0.1) is 0 Å². The molecule has 110 valence electrons. The standard InChI is InChI=1S/C13H18N2O4S/c16-10-7-14-20(18,19)13-3-1-11(2-4-13)15-8-5-12(17)6-9-15/h1-4,14,16H,5-10H2. The van der Waals surface area contributed by atoms with Crippen molar-refractivity contribution in [2.45, 2.75) is 17.7 Å². The summed E-state index contributed by atoms with van der Waals surface area (Å²) in [5, 5.41) is 8.65. The lowest BCUT2D eigenvalue weighted by atomic mass is 10.1. The minimum atomic E-state index is -3.56. The average Bonchev–Trinajstić information content (AvgIpc) is 2.46. The summed E-state index contributed by atoms with van der Waals surface area (Å²) >= 11 is 0. The zero-order chi connectivity index (χ0) is 14.6. The normalized spacial score (nSPS) is 16.4. The SMILES string of the molecule is O=C1CCN(c2ccc(S(=O)(=O)NCCO)cc2)CC1. The van der Waals surface area contributed by atoms with Gasteiger partial charge < -0.3 is 10.0 Å². The van der Waals surface area contributed by atoms with E-state index in [0.29, 0.717) is 25.9 Å². The summed E-state index contributed by atoms with van der Waals surface area (Å²) in [6.07, 6.45) is 1.08. The number of carbonyl (C=O) groups is 1. The van der Waals surface area contributed by atoms with Crippen LogP contribution in [0.25, 0.3) is 0 Å². The van der Waals surface area contributed by atoms with Gasteiger partial charge in [0.25, 0.3) is 0 Å². The Bertz CT molecular complexity index is 559. The number of hydrogen-bond donors (Lipinski definition) is 2. The quantitative estimate of drug-likeness (QED) is 0.807. The molecule has 1 aromatic carbocycles. The molecule has 1 aromatic rings. The molecule has 0 unspecified atom stereocenters. The van der Waals surface area contributed by atoms with E-state index in [1.165, 1.54) is 12.1 Å². The monoisotopic (exact) mass is 298 g/mol. The average molecular weight is 298 g/mol. The van der Waals surface area contributed by atoms with Gasteiger partial charge in [-0.1, -0.05) is 0 Å². The number of aliphatic hydroxyl groups excluding tert-OH is 1. The first-order valence-electron chi connectivity index (χ1n) is 6.50. The lowest BCUT2D eigenvalue weighted by Crippen LogP contribution is -2.33. The summed E-state index contributed by atoms with van der Waals surface area (Å²) in [6.45, 7) is 1.11. The van der Waals surface area contributed by atoms with E-state index in [1.807, 2.05) is 0 Å². The second-order valence-corrected chi connectivity index (χ2v) is 6.41. The highest BCUT2D eigenvalue weighted by atomic mass is 32.2. The van der Waals surface area contributed by atoms with E-state index in [-0.39, 0.29) is 23.8 Å². The number of anilines is 1. The number of nitrogens with zero attached hydrogens (tertiary/aromatic N) is 1. The van der Waals surface area contributed by atoms with Crippen LogP contribution in [0.5, 0.6) is 0 Å². The number of sulfonamides is 1. The third kappa shape index (κ3) is 3.56. The molecule has 1 aliphatic heterocycles. The van der Waals surface area contributed by atoms with Crippen LogP contribution in [0.1, 0.15) is 12.8 Å². The molecule has 2 N–H and O–H groups in total. The molecule has 20 heavy (non-hydrogen) atoms. The fourth-order valence-corrected chi connectivity index (χ4v) is 3.13. The fraction of sp³-hybridized carbons (Fsp3) is 0.462. The Morgan fingerprint density at radius 2 is 1.75 bits per heavy atom. The molecule has 6 nitrogen and oxygen atoms in total. The van der Waals surface area contributed by atoms with Crippen LogP contribution in [0, 0.1) is 0 Å². The van der Waals surface area contributed by atoms with Gasteiger partial charge in [-0.05, 0) is 24.3 Å². The molecule has 0 aromatic heterocycles. The van der Waals surface area contributed by atoms with Crippen LogP contribution in [0.2, 0.25) is 0 Å². The van der Waals surface area contributed by atoms with E-state index >= 15 is 0 Å². The summed E-state index contributed by atoms with van der Waals surface area (Å²) in [5.74, 6) is 0.272. The van der Waals surface area contributed by atoms with Gasteiger partial charge in [0.2, 0.25) is 10.0 Å². The number of piperidine rings is 1. The van der Waals surface area contributed by atoms with Crippen molar-refractivity contribution in [1.29, 1.82) is 0 Å². The van der Waals surface area contributed by atoms with E-state index in [0.717, 1.165) is 5.69 Å². The molecule has 2 rings (SSSR count). The summed E-state index contributed by atoms with van der Waals surface area (Å²) in [5.41, 5.74) is 0.915. The Hall–Kier alpha value is -1.44. The number of rotatable bonds is 5. The largest absolute Gasteiger partial charge is 0.395 e. The molecule has 1 aliphatic rings. The molecule has 1 saturated heterocycles. The van der Waals surface area contributed by atoms with Gasteiger partial charge in [0.1, 0.15) is 5.78 Å². The molecule has 0 spiro atoms. The number of aliphatic hydroxyl groups is 1. The first-order chi connectivity index (χ1) is 9.53. The van der Waals surface area contributed by atoms with Crippen molar-refractivity contribution in [1.82, 2.24) is 4.72 Å². The Labute approximate surface area is 118 Å². The number of hydrogen-bond acceptors (Lipinski definition) is 5. The van der Waals surface area contributed by atoms with Crippen molar-refractivity contribution < 1.29 is 18.3 Å². The number of ketones is 1. The maximum absolute atomic E-state index is 11.8. The lowest BCUT2D eigenvalue weighted by molar-refractivity contribution is -0.119. The third-order valence-corrected chi connectivity index (χ3v) is 4.71. The van der Waals surface area contributed by atoms with Gasteiger partial charge >= 0.3 is 0 Å². The summed E-state index contributed by atoms with van der Waals surface area (Å²) in [7, 11) is -3.56. The summed E-state index contributed by atoms with van der Waals surface area (Å²) in [6, 6.07) is 6.55. The van der Waals surface area contributed by atoms with Gasteiger partial charge in [-0.25, -0.2) is 13.1 Å². The Kier molecular flexibility index (Phi) is 4.74. The van der Waals surface area contributed by atoms with Crippen LogP contribution in [-0.4, -0.2) is 45.5 Å². The van der Waals surface area contributed by atoms with E-state index in [1.54, 1.807) is 12.1 Å². The van der Waals surface area contributed by atoms with Crippen LogP contribution >= 0.6 is 0 Å². The zero-order valence-corrected chi connectivity index (χ0v) is 11.9. The van der Waals surface area contributed by atoms with E-state index in [9.17, 15) is 13.2 Å². The minimum absolute atomic E-state index is 0.00167. The molecule has 1 fully saturated rings. The second kappa shape index (κ2) is 6.34. The predicted molar refractivity (Wildman–Crippen MR) is 75.2 cm³/mol. The Morgan fingerprint density at radius 3 is 2.30 bits per heavy atom. The van der Waals surface area contributed by atoms with Gasteiger partial charge in [0.05, 0.1) is 11.5 Å². The van der Waals surface area contributed by atoms with Gasteiger partial charge in [0.15, 0.2) is 0 Å². The first kappa shape index (κ1) is 15.0. The van der Waals surface area contributed by atoms with Gasteiger partial charge in [0, 0.05) is 38.2 Å². The smallest absolute Gasteiger partial charge is 0.240 e. The van der Waals surface area contributed by atoms with E-state index < -0.39 is 10.0 Å². The van der Waals surface area contributed by atoms with Gasteiger partial charge in [-0.2, -0.15) is 0 Å². The maximum Gasteiger partial charge on any atom is 0.240 e. The number of nitrogens with one attached hydrogen (secondary N) is 1. The van der Waals surface area contributed by atoms with Crippen LogP contribution in [-0.2, 0) is 14.8 Å². The third-order valence-electron chi connectivity index (χ3n) is 3.24. The van der Waals surface area contributed by atoms with Crippen molar-refractivity contribution >= 4 is 21.5 Å². The molecule has 7 heteroatoms. The molecule has 1 heterocycles. The molecular formula is C13H18N2O4S. The topological polar surface area (TPSA) is 86.7 Å². The van der Waals surface area contributed by atoms with Gasteiger partial charge in [-0.3, -0.25) is 4.79 Å². The molecule has 0 amide bonds. The zero-order valence-electron chi connectivity index (χ0n) is 11.1. The number of Topliss-reactive ketones (excluding diaryl/α,β-unsaturated/α-hetero) is 1. The molecule has 0 bridgehead atoms. The van der Waals surface area contributed by atoms with E-state index in [2.05, 4.69) is 9.62 Å². The Morgan fingerprint density at radius 1 is 1.15 bits per heavy atom. The fourth-order valence-electron chi connectivity index (χ4n) is 2.11. The molecule has 0 radical (unpaired) electrons. The Balaban J connectivity index is 2.08. The molecule has 0 aliphatic carbocycles. The highest BCUT2D eigenvalue weighted by molar-refractivity contribution is 7.89. The van der Waals surface area contributed by atoms with E-state index in [4.69, 9.17) is 5.11 Å². The minimum Gasteiger partial charge on any atom is -0.395 e.